The first kappa shape index (κ1) is 20.0. The van der Waals surface area contributed by atoms with E-state index in [1.54, 1.807) is 36.4 Å². The smallest absolute Gasteiger partial charge is 0.337 e. The lowest BCUT2D eigenvalue weighted by molar-refractivity contribution is -0.107. The number of aromatic nitrogens is 1. The molecule has 3 aromatic rings. The van der Waals surface area contributed by atoms with Crippen LogP contribution in [0, 0.1) is 6.92 Å². The van der Waals surface area contributed by atoms with E-state index in [9.17, 15) is 9.59 Å². The first-order valence-electron chi connectivity index (χ1n) is 8.90. The van der Waals surface area contributed by atoms with Gasteiger partial charge in [0.05, 0.1) is 24.1 Å². The number of amides is 1. The Morgan fingerprint density at radius 1 is 1.10 bits per heavy atom. The number of anilines is 1. The fourth-order valence-corrected chi connectivity index (χ4v) is 2.87. The Morgan fingerprint density at radius 3 is 2.52 bits per heavy atom. The van der Waals surface area contributed by atoms with E-state index >= 15 is 0 Å². The maximum absolute atomic E-state index is 11.6. The van der Waals surface area contributed by atoms with E-state index in [1.165, 1.54) is 7.11 Å². The van der Waals surface area contributed by atoms with Crippen LogP contribution >= 0.6 is 0 Å². The highest BCUT2D eigenvalue weighted by molar-refractivity contribution is 5.89. The Balaban J connectivity index is 1.79. The van der Waals surface area contributed by atoms with Gasteiger partial charge in [0.25, 0.3) is 0 Å². The lowest BCUT2D eigenvalue weighted by Crippen LogP contribution is -2.30. The summed E-state index contributed by atoms with van der Waals surface area (Å²) in [4.78, 5) is 27.1. The summed E-state index contributed by atoms with van der Waals surface area (Å²) in [7, 11) is 1.34. The van der Waals surface area contributed by atoms with E-state index in [-0.39, 0.29) is 12.6 Å². The second-order valence-corrected chi connectivity index (χ2v) is 6.30. The molecule has 148 valence electrons. The van der Waals surface area contributed by atoms with Crippen molar-refractivity contribution >= 4 is 18.1 Å². The van der Waals surface area contributed by atoms with Crippen LogP contribution in [-0.4, -0.2) is 24.5 Å². The number of aryl methyl sites for hydroxylation is 1. The number of nitrogens with two attached hydrogens (primary N) is 1. The average molecular weight is 391 g/mol. The van der Waals surface area contributed by atoms with Crippen LogP contribution in [0.4, 0.5) is 5.69 Å². The topological polar surface area (TPSA) is 94.8 Å². The fourth-order valence-electron chi connectivity index (χ4n) is 2.87. The standard InChI is InChI=1S/C22H21N3O4/c1-15-5-3-7-20(25(23)14-26)18(15)13-29-21-8-4-6-19(24-21)16-9-11-17(12-10-16)22(27)28-2/h3-12,14H,13,23H2,1-2H3. The van der Waals surface area contributed by atoms with E-state index in [2.05, 4.69) is 4.98 Å². The highest BCUT2D eigenvalue weighted by Gasteiger charge is 2.12. The molecule has 29 heavy (non-hydrogen) atoms. The van der Waals surface area contributed by atoms with E-state index in [0.29, 0.717) is 29.2 Å². The largest absolute Gasteiger partial charge is 0.473 e. The van der Waals surface area contributed by atoms with Crippen LogP contribution in [0.3, 0.4) is 0 Å². The fraction of sp³-hybridized carbons (Fsp3) is 0.136. The number of carbonyl (C=O) groups is 2. The molecule has 0 saturated heterocycles. The highest BCUT2D eigenvalue weighted by atomic mass is 16.5. The molecular weight excluding hydrogens is 370 g/mol. The molecule has 0 aliphatic rings. The number of esters is 1. The molecule has 0 unspecified atom stereocenters. The maximum Gasteiger partial charge on any atom is 0.337 e. The zero-order chi connectivity index (χ0) is 20.8. The average Bonchev–Trinajstić information content (AvgIpc) is 2.77. The maximum atomic E-state index is 11.6. The number of nitrogens with zero attached hydrogens (tertiary/aromatic N) is 2. The molecule has 7 heteroatoms. The van der Waals surface area contributed by atoms with Crippen molar-refractivity contribution in [3.05, 3.63) is 77.4 Å². The molecule has 0 aliphatic carbocycles. The lowest BCUT2D eigenvalue weighted by atomic mass is 10.1. The summed E-state index contributed by atoms with van der Waals surface area (Å²) in [5.74, 6) is 5.78. The molecule has 1 aromatic heterocycles. The second-order valence-electron chi connectivity index (χ2n) is 6.30. The Hall–Kier alpha value is -3.71. The molecule has 0 bridgehead atoms. The monoisotopic (exact) mass is 391 g/mol. The van der Waals surface area contributed by atoms with Gasteiger partial charge in [0.1, 0.15) is 6.61 Å². The minimum Gasteiger partial charge on any atom is -0.473 e. The van der Waals surface area contributed by atoms with Crippen LogP contribution in [0.15, 0.2) is 60.7 Å². The molecule has 0 fully saturated rings. The lowest BCUT2D eigenvalue weighted by Gasteiger charge is -2.18. The molecule has 0 atom stereocenters. The molecule has 3 rings (SSSR count). The van der Waals surface area contributed by atoms with Gasteiger partial charge >= 0.3 is 5.97 Å². The van der Waals surface area contributed by atoms with Gasteiger partial charge in [0.15, 0.2) is 0 Å². The van der Waals surface area contributed by atoms with Crippen molar-refractivity contribution < 1.29 is 19.1 Å². The van der Waals surface area contributed by atoms with E-state index in [4.69, 9.17) is 15.3 Å². The predicted molar refractivity (Wildman–Crippen MR) is 109 cm³/mol. The van der Waals surface area contributed by atoms with Crippen LogP contribution in [0.25, 0.3) is 11.3 Å². The number of methoxy groups -OCH3 is 1. The summed E-state index contributed by atoms with van der Waals surface area (Å²) in [6.45, 7) is 2.13. The molecule has 0 spiro atoms. The molecule has 0 radical (unpaired) electrons. The van der Waals surface area contributed by atoms with E-state index in [0.717, 1.165) is 21.7 Å². The summed E-state index contributed by atoms with van der Waals surface area (Å²) in [5.41, 5.74) is 4.35. The van der Waals surface area contributed by atoms with Crippen molar-refractivity contribution in [3.63, 3.8) is 0 Å². The highest BCUT2D eigenvalue weighted by Crippen LogP contribution is 2.25. The summed E-state index contributed by atoms with van der Waals surface area (Å²) in [6, 6.07) is 17.9. The number of ether oxygens (including phenoxy) is 2. The second kappa shape index (κ2) is 8.99. The van der Waals surface area contributed by atoms with Gasteiger partial charge in [0, 0.05) is 17.2 Å². The number of hydrogen-bond acceptors (Lipinski definition) is 6. The number of pyridine rings is 1. The minimum absolute atomic E-state index is 0.210. The van der Waals surface area contributed by atoms with Crippen LogP contribution < -0.4 is 15.6 Å². The molecule has 7 nitrogen and oxygen atoms in total. The summed E-state index contributed by atoms with van der Waals surface area (Å²) < 4.78 is 10.6. The van der Waals surface area contributed by atoms with E-state index in [1.807, 2.05) is 31.2 Å². The number of hydrogen-bond donors (Lipinski definition) is 1. The van der Waals surface area contributed by atoms with Gasteiger partial charge in [-0.05, 0) is 36.8 Å². The zero-order valence-electron chi connectivity index (χ0n) is 16.2. The van der Waals surface area contributed by atoms with Gasteiger partial charge in [-0.1, -0.05) is 30.3 Å². The van der Waals surface area contributed by atoms with Gasteiger partial charge in [-0.2, -0.15) is 0 Å². The quantitative estimate of drug-likeness (QED) is 0.218. The van der Waals surface area contributed by atoms with Crippen LogP contribution in [0.5, 0.6) is 5.88 Å². The van der Waals surface area contributed by atoms with E-state index < -0.39 is 0 Å². The molecule has 2 N–H and O–H groups in total. The van der Waals surface area contributed by atoms with Crippen molar-refractivity contribution in [1.82, 2.24) is 4.98 Å². The van der Waals surface area contributed by atoms with Gasteiger partial charge < -0.3 is 9.47 Å². The Kier molecular flexibility index (Phi) is 6.21. The van der Waals surface area contributed by atoms with Gasteiger partial charge in [-0.25, -0.2) is 15.6 Å². The van der Waals surface area contributed by atoms with Crippen molar-refractivity contribution in [1.29, 1.82) is 0 Å². The van der Waals surface area contributed by atoms with Gasteiger partial charge in [0.2, 0.25) is 12.3 Å². The molecular formula is C22H21N3O4. The Labute approximate surface area is 168 Å². The number of rotatable bonds is 7. The molecule has 0 aliphatic heterocycles. The van der Waals surface area contributed by atoms with Crippen molar-refractivity contribution in [2.75, 3.05) is 12.1 Å². The summed E-state index contributed by atoms with van der Waals surface area (Å²) in [6.07, 6.45) is 0.551. The predicted octanol–water partition coefficient (Wildman–Crippen LogP) is 3.26. The first-order valence-corrected chi connectivity index (χ1v) is 8.90. The normalized spacial score (nSPS) is 10.3. The number of carbonyl (C=O) groups excluding carboxylic acids is 2. The van der Waals surface area contributed by atoms with Crippen molar-refractivity contribution in [2.45, 2.75) is 13.5 Å². The number of benzene rings is 2. The third-order valence-corrected chi connectivity index (χ3v) is 4.47. The SMILES string of the molecule is COC(=O)c1ccc(-c2cccc(OCc3c(C)cccc3N(N)C=O)n2)cc1. The molecule has 1 heterocycles. The van der Waals surface area contributed by atoms with Crippen LogP contribution in [0.1, 0.15) is 21.5 Å². The number of hydrazine groups is 1. The van der Waals surface area contributed by atoms with Crippen molar-refractivity contribution in [3.8, 4) is 17.1 Å². The Morgan fingerprint density at radius 2 is 1.83 bits per heavy atom. The zero-order valence-corrected chi connectivity index (χ0v) is 16.2. The summed E-state index contributed by atoms with van der Waals surface area (Å²) >= 11 is 0. The molecule has 0 saturated carbocycles. The Bertz CT molecular complexity index is 1020. The first-order chi connectivity index (χ1) is 14.0. The van der Waals surface area contributed by atoms with Gasteiger partial charge in [-0.3, -0.25) is 9.80 Å². The van der Waals surface area contributed by atoms with Gasteiger partial charge in [-0.15, -0.1) is 0 Å². The third-order valence-electron chi connectivity index (χ3n) is 4.47. The summed E-state index contributed by atoms with van der Waals surface area (Å²) in [5, 5.41) is 1.03. The van der Waals surface area contributed by atoms with Crippen LogP contribution in [0.2, 0.25) is 0 Å². The molecule has 1 amide bonds. The molecule has 2 aromatic carbocycles. The minimum atomic E-state index is -0.389. The van der Waals surface area contributed by atoms with Crippen molar-refractivity contribution in [2.24, 2.45) is 5.84 Å². The third kappa shape index (κ3) is 4.59. The van der Waals surface area contributed by atoms with Crippen LogP contribution in [-0.2, 0) is 16.1 Å².